The molecule has 1 aromatic carbocycles. The van der Waals surface area contributed by atoms with E-state index in [2.05, 4.69) is 14.6 Å². The zero-order valence-electron chi connectivity index (χ0n) is 19.9. The number of hydrogen-bond acceptors (Lipinski definition) is 4. The van der Waals surface area contributed by atoms with Gasteiger partial charge in [-0.05, 0) is 57.1 Å². The molecule has 5 rings (SSSR count). The number of piperidine rings is 1. The Hall–Kier alpha value is -2.79. The van der Waals surface area contributed by atoms with Gasteiger partial charge in [0, 0.05) is 57.5 Å². The summed E-state index contributed by atoms with van der Waals surface area (Å²) in [6.45, 7) is 12.0. The van der Waals surface area contributed by atoms with Crippen LogP contribution in [0.4, 0.5) is 16.2 Å². The van der Waals surface area contributed by atoms with Crippen molar-refractivity contribution in [2.24, 2.45) is 5.41 Å². The molecular formula is C26H35N5O3. The predicted octanol–water partition coefficient (Wildman–Crippen LogP) is 3.10. The van der Waals surface area contributed by atoms with Crippen molar-refractivity contribution < 1.29 is 14.7 Å². The third-order valence-electron chi connectivity index (χ3n) is 8.39. The first kappa shape index (κ1) is 23.0. The molecule has 34 heavy (non-hydrogen) atoms. The molecule has 1 aromatic rings. The lowest BCUT2D eigenvalue weighted by Crippen LogP contribution is -2.57. The van der Waals surface area contributed by atoms with Gasteiger partial charge in [0.1, 0.15) is 0 Å². The van der Waals surface area contributed by atoms with Gasteiger partial charge in [-0.25, -0.2) is 9.64 Å². The van der Waals surface area contributed by atoms with E-state index in [1.165, 1.54) is 0 Å². The maximum Gasteiger partial charge on any atom is 0.320 e. The molecule has 1 atom stereocenters. The molecule has 8 heteroatoms. The highest BCUT2D eigenvalue weighted by atomic mass is 16.3. The van der Waals surface area contributed by atoms with Crippen LogP contribution in [-0.2, 0) is 4.79 Å². The van der Waals surface area contributed by atoms with E-state index in [-0.39, 0.29) is 24.1 Å². The van der Waals surface area contributed by atoms with Gasteiger partial charge in [0.05, 0.1) is 18.1 Å². The Labute approximate surface area is 201 Å². The van der Waals surface area contributed by atoms with E-state index in [1.807, 2.05) is 34.1 Å². The van der Waals surface area contributed by atoms with Gasteiger partial charge < -0.3 is 24.7 Å². The SMILES string of the molecule is [C-]#[N+]c1ccc(N2CCN(C(=O)N3CCCC4(CCN([C@H]5CC[C@H](O)CC5)C4=O)C3)CC2)cc1. The average Bonchev–Trinajstić information content (AvgIpc) is 3.19. The van der Waals surface area contributed by atoms with Crippen molar-refractivity contribution in [2.45, 2.75) is 57.1 Å². The van der Waals surface area contributed by atoms with Gasteiger partial charge in [-0.1, -0.05) is 12.1 Å². The number of rotatable bonds is 2. The Bertz CT molecular complexity index is 944. The van der Waals surface area contributed by atoms with E-state index in [1.54, 1.807) is 0 Å². The fourth-order valence-corrected chi connectivity index (χ4v) is 6.33. The Morgan fingerprint density at radius 1 is 0.941 bits per heavy atom. The van der Waals surface area contributed by atoms with Crippen molar-refractivity contribution >= 4 is 23.3 Å². The van der Waals surface area contributed by atoms with Crippen LogP contribution in [0.1, 0.15) is 44.9 Å². The minimum Gasteiger partial charge on any atom is -0.393 e. The highest BCUT2D eigenvalue weighted by molar-refractivity contribution is 5.86. The lowest BCUT2D eigenvalue weighted by molar-refractivity contribution is -0.141. The second kappa shape index (κ2) is 9.46. The number of carbonyl (C=O) groups is 2. The molecule has 0 aromatic heterocycles. The normalized spacial score (nSPS) is 30.1. The Morgan fingerprint density at radius 2 is 1.65 bits per heavy atom. The second-order valence-electron chi connectivity index (χ2n) is 10.4. The van der Waals surface area contributed by atoms with Crippen molar-refractivity contribution in [3.8, 4) is 0 Å². The number of hydrogen-bond donors (Lipinski definition) is 1. The monoisotopic (exact) mass is 465 g/mol. The zero-order valence-corrected chi connectivity index (χ0v) is 19.9. The maximum atomic E-state index is 13.5. The molecule has 0 bridgehead atoms. The summed E-state index contributed by atoms with van der Waals surface area (Å²) in [5, 5.41) is 9.83. The predicted molar refractivity (Wildman–Crippen MR) is 130 cm³/mol. The van der Waals surface area contributed by atoms with Gasteiger partial charge >= 0.3 is 6.03 Å². The number of carbonyl (C=O) groups excluding carboxylic acids is 2. The van der Waals surface area contributed by atoms with E-state index >= 15 is 0 Å². The molecule has 0 radical (unpaired) electrons. The van der Waals surface area contributed by atoms with Gasteiger partial charge in [0.25, 0.3) is 0 Å². The second-order valence-corrected chi connectivity index (χ2v) is 10.4. The van der Waals surface area contributed by atoms with Crippen LogP contribution in [-0.4, -0.2) is 89.7 Å². The van der Waals surface area contributed by atoms with E-state index in [9.17, 15) is 14.7 Å². The molecule has 1 aliphatic carbocycles. The number of benzene rings is 1. The van der Waals surface area contributed by atoms with Crippen molar-refractivity contribution in [3.63, 3.8) is 0 Å². The quantitative estimate of drug-likeness (QED) is 0.682. The van der Waals surface area contributed by atoms with Gasteiger partial charge in [-0.15, -0.1) is 0 Å². The molecule has 3 aliphatic heterocycles. The largest absolute Gasteiger partial charge is 0.393 e. The molecule has 3 amide bonds. The number of aliphatic hydroxyl groups excluding tert-OH is 1. The number of nitrogens with zero attached hydrogens (tertiary/aromatic N) is 5. The number of urea groups is 1. The molecule has 1 N–H and O–H groups in total. The van der Waals surface area contributed by atoms with Crippen LogP contribution >= 0.6 is 0 Å². The molecule has 4 aliphatic rings. The average molecular weight is 466 g/mol. The summed E-state index contributed by atoms with van der Waals surface area (Å²) in [5.41, 5.74) is 1.30. The first-order valence-corrected chi connectivity index (χ1v) is 12.7. The van der Waals surface area contributed by atoms with Crippen LogP contribution in [0.2, 0.25) is 0 Å². The molecule has 8 nitrogen and oxygen atoms in total. The van der Waals surface area contributed by atoms with Crippen LogP contribution in [0.25, 0.3) is 4.85 Å². The molecule has 4 fully saturated rings. The summed E-state index contributed by atoms with van der Waals surface area (Å²) < 4.78 is 0. The number of amides is 3. The zero-order chi connectivity index (χ0) is 23.7. The van der Waals surface area contributed by atoms with E-state index in [0.717, 1.165) is 76.8 Å². The lowest BCUT2D eigenvalue weighted by Gasteiger charge is -2.43. The Kier molecular flexibility index (Phi) is 6.39. The number of aliphatic hydroxyl groups is 1. The summed E-state index contributed by atoms with van der Waals surface area (Å²) in [6.07, 6.45) is 5.70. The minimum absolute atomic E-state index is 0.0640. The van der Waals surface area contributed by atoms with E-state index < -0.39 is 5.41 Å². The number of piperazine rings is 1. The topological polar surface area (TPSA) is 71.7 Å². The van der Waals surface area contributed by atoms with Gasteiger partial charge in [0.2, 0.25) is 5.91 Å². The first-order chi connectivity index (χ1) is 16.5. The standard InChI is InChI=1S/C26H35N5O3/c1-27-20-3-5-21(6-4-20)28-15-17-29(18-16-28)25(34)30-13-2-11-26(19-30)12-14-31(24(26)33)22-7-9-23(32)10-8-22/h3-6,22-23,32H,2,7-19H2/t22-,23-,26?. The molecule has 1 unspecified atom stereocenters. The molecule has 1 spiro atoms. The smallest absolute Gasteiger partial charge is 0.320 e. The van der Waals surface area contributed by atoms with Crippen LogP contribution in [0.3, 0.4) is 0 Å². The van der Waals surface area contributed by atoms with Gasteiger partial charge in [-0.2, -0.15) is 0 Å². The summed E-state index contributed by atoms with van der Waals surface area (Å²) in [5.74, 6) is 0.235. The summed E-state index contributed by atoms with van der Waals surface area (Å²) in [7, 11) is 0. The van der Waals surface area contributed by atoms with Crippen molar-refractivity contribution in [1.82, 2.24) is 14.7 Å². The van der Waals surface area contributed by atoms with Crippen LogP contribution in [0.5, 0.6) is 0 Å². The number of anilines is 1. The molecule has 3 saturated heterocycles. The summed E-state index contributed by atoms with van der Waals surface area (Å²) in [6, 6.07) is 7.94. The third kappa shape index (κ3) is 4.34. The molecule has 3 heterocycles. The maximum absolute atomic E-state index is 13.5. The fraction of sp³-hybridized carbons (Fsp3) is 0.654. The molecule has 1 saturated carbocycles. The molecular weight excluding hydrogens is 430 g/mol. The van der Waals surface area contributed by atoms with Crippen molar-refractivity contribution in [2.75, 3.05) is 50.7 Å². The fourth-order valence-electron chi connectivity index (χ4n) is 6.33. The third-order valence-corrected chi connectivity index (χ3v) is 8.39. The Balaban J connectivity index is 1.18. The van der Waals surface area contributed by atoms with Crippen LogP contribution in [0.15, 0.2) is 24.3 Å². The van der Waals surface area contributed by atoms with Crippen molar-refractivity contribution in [1.29, 1.82) is 0 Å². The highest BCUT2D eigenvalue weighted by Crippen LogP contribution is 2.42. The highest BCUT2D eigenvalue weighted by Gasteiger charge is 2.51. The Morgan fingerprint density at radius 3 is 2.32 bits per heavy atom. The van der Waals surface area contributed by atoms with E-state index in [4.69, 9.17) is 6.57 Å². The van der Waals surface area contributed by atoms with Gasteiger partial charge in [-0.3, -0.25) is 4.79 Å². The summed E-state index contributed by atoms with van der Waals surface area (Å²) in [4.78, 5) is 38.6. The lowest BCUT2D eigenvalue weighted by atomic mass is 9.78. The van der Waals surface area contributed by atoms with Crippen LogP contribution in [0, 0.1) is 12.0 Å². The van der Waals surface area contributed by atoms with Gasteiger partial charge in [0.15, 0.2) is 5.69 Å². The minimum atomic E-state index is -0.420. The number of likely N-dealkylation sites (tertiary alicyclic amines) is 2. The molecule has 182 valence electrons. The van der Waals surface area contributed by atoms with Crippen molar-refractivity contribution in [3.05, 3.63) is 35.7 Å². The van der Waals surface area contributed by atoms with E-state index in [0.29, 0.717) is 25.3 Å². The first-order valence-electron chi connectivity index (χ1n) is 12.7. The summed E-state index contributed by atoms with van der Waals surface area (Å²) >= 11 is 0. The van der Waals surface area contributed by atoms with Crippen LogP contribution < -0.4 is 4.90 Å².